The van der Waals surface area contributed by atoms with E-state index in [2.05, 4.69) is 6.07 Å². The van der Waals surface area contributed by atoms with Gasteiger partial charge in [0.2, 0.25) is 0 Å². The van der Waals surface area contributed by atoms with E-state index in [0.717, 1.165) is 17.0 Å². The van der Waals surface area contributed by atoms with Crippen molar-refractivity contribution >= 4 is 23.4 Å². The number of hydrogen-bond acceptors (Lipinski definition) is 2. The first kappa shape index (κ1) is 13.3. The van der Waals surface area contributed by atoms with Gasteiger partial charge in [0.15, 0.2) is 0 Å². The van der Waals surface area contributed by atoms with Gasteiger partial charge in [0, 0.05) is 16.7 Å². The van der Waals surface area contributed by atoms with Gasteiger partial charge in [0.05, 0.1) is 6.10 Å². The summed E-state index contributed by atoms with van der Waals surface area (Å²) >= 11 is 8.10. The van der Waals surface area contributed by atoms with Crippen molar-refractivity contribution in [1.82, 2.24) is 0 Å². The van der Waals surface area contributed by atoms with Crippen LogP contribution in [-0.2, 0) is 6.42 Å². The molecule has 94 valence electrons. The van der Waals surface area contributed by atoms with Gasteiger partial charge in [-0.1, -0.05) is 30.2 Å². The second-order valence-corrected chi connectivity index (χ2v) is 6.53. The zero-order valence-corrected chi connectivity index (χ0v) is 11.7. The van der Waals surface area contributed by atoms with Crippen LogP contribution in [0, 0.1) is 6.92 Å². The van der Waals surface area contributed by atoms with Crippen molar-refractivity contribution in [2.45, 2.75) is 44.0 Å². The zero-order valence-electron chi connectivity index (χ0n) is 10.2. The van der Waals surface area contributed by atoms with Gasteiger partial charge in [-0.15, -0.1) is 0 Å². The van der Waals surface area contributed by atoms with Crippen molar-refractivity contribution in [3.8, 4) is 0 Å². The summed E-state index contributed by atoms with van der Waals surface area (Å²) in [6, 6.07) is 6.06. The Kier molecular flexibility index (Phi) is 4.78. The lowest BCUT2D eigenvalue weighted by atomic mass is 10.0. The van der Waals surface area contributed by atoms with Crippen LogP contribution in [0.5, 0.6) is 0 Å². The summed E-state index contributed by atoms with van der Waals surface area (Å²) in [5, 5.41) is 11.4. The second-order valence-electron chi connectivity index (χ2n) is 4.77. The highest BCUT2D eigenvalue weighted by Crippen LogP contribution is 2.30. The van der Waals surface area contributed by atoms with Crippen LogP contribution in [0.2, 0.25) is 5.02 Å². The highest BCUT2D eigenvalue weighted by atomic mass is 35.5. The molecule has 0 amide bonds. The molecule has 3 heteroatoms. The summed E-state index contributed by atoms with van der Waals surface area (Å²) in [4.78, 5) is 0. The third kappa shape index (κ3) is 3.64. The number of halogens is 1. The Balaban J connectivity index is 1.99. The molecule has 1 aliphatic rings. The number of aryl methyl sites for hydroxylation is 1. The molecule has 2 unspecified atom stereocenters. The maximum Gasteiger partial charge on any atom is 0.0699 e. The molecule has 1 fully saturated rings. The molecule has 0 saturated carbocycles. The SMILES string of the molecule is Cc1ccc(CC(O)C2CCCCS2)c(Cl)c1. The smallest absolute Gasteiger partial charge is 0.0699 e. The first-order chi connectivity index (χ1) is 8.16. The number of thioether (sulfide) groups is 1. The minimum absolute atomic E-state index is 0.263. The molecule has 2 rings (SSSR count). The lowest BCUT2D eigenvalue weighted by Crippen LogP contribution is -2.28. The van der Waals surface area contributed by atoms with Crippen LogP contribution >= 0.6 is 23.4 Å². The van der Waals surface area contributed by atoms with E-state index in [1.54, 1.807) is 0 Å². The van der Waals surface area contributed by atoms with Gasteiger partial charge in [-0.3, -0.25) is 0 Å². The van der Waals surface area contributed by atoms with Crippen LogP contribution in [0.25, 0.3) is 0 Å². The summed E-state index contributed by atoms with van der Waals surface area (Å²) in [6.07, 6.45) is 4.09. The lowest BCUT2D eigenvalue weighted by molar-refractivity contribution is 0.166. The molecular weight excluding hydrogens is 252 g/mol. The van der Waals surface area contributed by atoms with Crippen molar-refractivity contribution in [3.05, 3.63) is 34.3 Å². The molecule has 0 spiro atoms. The molecular formula is C14H19ClOS. The maximum absolute atomic E-state index is 10.2. The second kappa shape index (κ2) is 6.12. The molecule has 1 aliphatic heterocycles. The molecule has 2 atom stereocenters. The Morgan fingerprint density at radius 2 is 2.29 bits per heavy atom. The fraction of sp³-hybridized carbons (Fsp3) is 0.571. The molecule has 1 aromatic carbocycles. The van der Waals surface area contributed by atoms with E-state index >= 15 is 0 Å². The van der Waals surface area contributed by atoms with Crippen LogP contribution < -0.4 is 0 Å². The molecule has 0 aromatic heterocycles. The summed E-state index contributed by atoms with van der Waals surface area (Å²) in [6.45, 7) is 2.03. The molecule has 1 N–H and O–H groups in total. The van der Waals surface area contributed by atoms with Gasteiger partial charge in [-0.05, 0) is 42.7 Å². The van der Waals surface area contributed by atoms with Crippen molar-refractivity contribution < 1.29 is 5.11 Å². The summed E-state index contributed by atoms with van der Waals surface area (Å²) < 4.78 is 0. The van der Waals surface area contributed by atoms with E-state index in [4.69, 9.17) is 11.6 Å². The van der Waals surface area contributed by atoms with Crippen LogP contribution in [0.3, 0.4) is 0 Å². The zero-order chi connectivity index (χ0) is 12.3. The van der Waals surface area contributed by atoms with E-state index in [0.29, 0.717) is 11.7 Å². The van der Waals surface area contributed by atoms with Crippen LogP contribution in [0.1, 0.15) is 30.4 Å². The molecule has 1 nitrogen and oxygen atoms in total. The Hall–Kier alpha value is -0.180. The standard InChI is InChI=1S/C14H19ClOS/c1-10-5-6-11(12(15)8-10)9-13(16)14-4-2-3-7-17-14/h5-6,8,13-14,16H,2-4,7,9H2,1H3. The Morgan fingerprint density at radius 3 is 2.94 bits per heavy atom. The average Bonchev–Trinajstić information content (AvgIpc) is 2.34. The van der Waals surface area contributed by atoms with Crippen molar-refractivity contribution in [2.75, 3.05) is 5.75 Å². The average molecular weight is 271 g/mol. The third-order valence-corrected chi connectivity index (χ3v) is 5.14. The minimum Gasteiger partial charge on any atom is -0.392 e. The van der Waals surface area contributed by atoms with Crippen molar-refractivity contribution in [1.29, 1.82) is 0 Å². The quantitative estimate of drug-likeness (QED) is 0.901. The molecule has 0 radical (unpaired) electrons. The molecule has 1 saturated heterocycles. The summed E-state index contributed by atoms with van der Waals surface area (Å²) in [7, 11) is 0. The first-order valence-corrected chi connectivity index (χ1v) is 7.64. The number of rotatable bonds is 3. The first-order valence-electron chi connectivity index (χ1n) is 6.21. The summed E-state index contributed by atoms with van der Waals surface area (Å²) in [5.74, 6) is 1.18. The molecule has 0 aliphatic carbocycles. The Labute approximate surface area is 113 Å². The van der Waals surface area contributed by atoms with E-state index in [-0.39, 0.29) is 6.10 Å². The number of aliphatic hydroxyl groups is 1. The predicted octanol–water partition coefficient (Wildman–Crippen LogP) is 3.84. The maximum atomic E-state index is 10.2. The normalized spacial score (nSPS) is 22.4. The van der Waals surface area contributed by atoms with Crippen LogP contribution in [-0.4, -0.2) is 22.2 Å². The van der Waals surface area contributed by atoms with Gasteiger partial charge >= 0.3 is 0 Å². The number of aliphatic hydroxyl groups excluding tert-OH is 1. The van der Waals surface area contributed by atoms with Crippen molar-refractivity contribution in [3.63, 3.8) is 0 Å². The molecule has 17 heavy (non-hydrogen) atoms. The topological polar surface area (TPSA) is 20.2 Å². The number of hydrogen-bond donors (Lipinski definition) is 1. The molecule has 0 bridgehead atoms. The van der Waals surface area contributed by atoms with Gasteiger partial charge in [-0.25, -0.2) is 0 Å². The fourth-order valence-electron chi connectivity index (χ4n) is 2.24. The van der Waals surface area contributed by atoms with E-state index in [1.165, 1.54) is 24.2 Å². The Morgan fingerprint density at radius 1 is 1.47 bits per heavy atom. The van der Waals surface area contributed by atoms with Gasteiger partial charge in [-0.2, -0.15) is 11.8 Å². The minimum atomic E-state index is -0.263. The Bertz CT molecular complexity index is 374. The highest BCUT2D eigenvalue weighted by Gasteiger charge is 2.23. The predicted molar refractivity (Wildman–Crippen MR) is 76.0 cm³/mol. The van der Waals surface area contributed by atoms with Crippen LogP contribution in [0.15, 0.2) is 18.2 Å². The highest BCUT2D eigenvalue weighted by molar-refractivity contribution is 8.00. The van der Waals surface area contributed by atoms with Gasteiger partial charge in [0.1, 0.15) is 0 Å². The largest absolute Gasteiger partial charge is 0.392 e. The molecule has 1 aromatic rings. The van der Waals surface area contributed by atoms with E-state index in [1.807, 2.05) is 30.8 Å². The van der Waals surface area contributed by atoms with Gasteiger partial charge in [0.25, 0.3) is 0 Å². The monoisotopic (exact) mass is 270 g/mol. The van der Waals surface area contributed by atoms with Gasteiger partial charge < -0.3 is 5.11 Å². The third-order valence-electron chi connectivity index (χ3n) is 3.28. The molecule has 1 heterocycles. The van der Waals surface area contributed by atoms with Crippen LogP contribution in [0.4, 0.5) is 0 Å². The van der Waals surface area contributed by atoms with E-state index in [9.17, 15) is 5.11 Å². The van der Waals surface area contributed by atoms with E-state index < -0.39 is 0 Å². The fourth-order valence-corrected chi connectivity index (χ4v) is 3.88. The summed E-state index contributed by atoms with van der Waals surface area (Å²) in [5.41, 5.74) is 2.23. The van der Waals surface area contributed by atoms with Crippen molar-refractivity contribution in [2.24, 2.45) is 0 Å². The lowest BCUT2D eigenvalue weighted by Gasteiger charge is -2.26. The number of benzene rings is 1.